The zero-order valence-corrected chi connectivity index (χ0v) is 12.8. The van der Waals surface area contributed by atoms with Gasteiger partial charge in [-0.25, -0.2) is 0 Å². The molecule has 5 rings (SSSR count). The summed E-state index contributed by atoms with van der Waals surface area (Å²) in [5, 5.41) is 4.20. The maximum atomic E-state index is 13.1. The summed E-state index contributed by atoms with van der Waals surface area (Å²) < 4.78 is 1.75. The second kappa shape index (κ2) is 3.55. The summed E-state index contributed by atoms with van der Waals surface area (Å²) >= 11 is 0. The van der Waals surface area contributed by atoms with Crippen LogP contribution in [-0.4, -0.2) is 15.6 Å². The molecule has 0 aliphatic heterocycles. The highest BCUT2D eigenvalue weighted by Crippen LogP contribution is 2.70. The zero-order chi connectivity index (χ0) is 14.2. The minimum atomic E-state index is -0.0913. The second-order valence-corrected chi connectivity index (χ2v) is 8.64. The van der Waals surface area contributed by atoms with E-state index in [-0.39, 0.29) is 5.41 Å². The van der Waals surface area contributed by atoms with Crippen LogP contribution in [0.2, 0.25) is 0 Å². The molecule has 4 aliphatic carbocycles. The lowest BCUT2D eigenvalue weighted by molar-refractivity contribution is -0.125. The minimum Gasteiger partial charge on any atom is -0.293 e. The standard InChI is InChI=1S/C17H24N2O/c1-15-4-12-5-16(2,9-15)11-17(6-12,10-15)14(20)13-7-18-19(3)8-13/h7-8,12H,4-6,9-11H2,1-3H3. The predicted octanol–water partition coefficient (Wildman–Crippen LogP) is 3.60. The van der Waals surface area contributed by atoms with Crippen molar-refractivity contribution >= 4 is 5.78 Å². The van der Waals surface area contributed by atoms with E-state index in [0.717, 1.165) is 30.7 Å². The number of aryl methyl sites for hydroxylation is 1. The zero-order valence-electron chi connectivity index (χ0n) is 12.8. The van der Waals surface area contributed by atoms with Crippen LogP contribution in [-0.2, 0) is 7.05 Å². The molecular weight excluding hydrogens is 248 g/mol. The molecule has 3 nitrogen and oxygen atoms in total. The Bertz CT molecular complexity index is 570. The number of hydrogen-bond donors (Lipinski definition) is 0. The minimum absolute atomic E-state index is 0.0913. The fourth-order valence-corrected chi connectivity index (χ4v) is 6.55. The normalized spacial score (nSPS) is 45.9. The lowest BCUT2D eigenvalue weighted by Crippen LogP contribution is -2.57. The molecule has 20 heavy (non-hydrogen) atoms. The Morgan fingerprint density at radius 2 is 1.85 bits per heavy atom. The van der Waals surface area contributed by atoms with Crippen LogP contribution in [0, 0.1) is 22.2 Å². The molecule has 1 aromatic heterocycles. The molecule has 0 aromatic carbocycles. The van der Waals surface area contributed by atoms with Crippen molar-refractivity contribution in [2.75, 3.05) is 0 Å². The first-order valence-electron chi connectivity index (χ1n) is 7.85. The first-order valence-corrected chi connectivity index (χ1v) is 7.85. The van der Waals surface area contributed by atoms with Crippen molar-refractivity contribution in [3.8, 4) is 0 Å². The molecule has 0 N–H and O–H groups in total. The molecule has 0 amide bonds. The molecule has 0 spiro atoms. The molecule has 108 valence electrons. The van der Waals surface area contributed by atoms with Crippen molar-refractivity contribution in [3.05, 3.63) is 18.0 Å². The lowest BCUT2D eigenvalue weighted by Gasteiger charge is -2.64. The summed E-state index contributed by atoms with van der Waals surface area (Å²) in [7, 11) is 1.89. The Balaban J connectivity index is 1.75. The number of hydrogen-bond acceptors (Lipinski definition) is 2. The molecule has 4 fully saturated rings. The maximum absolute atomic E-state index is 13.1. The maximum Gasteiger partial charge on any atom is 0.172 e. The summed E-state index contributed by atoms with van der Waals surface area (Å²) in [6.07, 6.45) is 11.0. The van der Waals surface area contributed by atoms with Gasteiger partial charge in [-0.15, -0.1) is 0 Å². The first-order chi connectivity index (χ1) is 9.32. The van der Waals surface area contributed by atoms with Crippen molar-refractivity contribution < 1.29 is 4.79 Å². The van der Waals surface area contributed by atoms with Crippen molar-refractivity contribution in [2.45, 2.75) is 52.4 Å². The highest BCUT2D eigenvalue weighted by Gasteiger charge is 2.62. The highest BCUT2D eigenvalue weighted by atomic mass is 16.1. The largest absolute Gasteiger partial charge is 0.293 e. The fraction of sp³-hybridized carbons (Fsp3) is 0.765. The van der Waals surface area contributed by atoms with Gasteiger partial charge in [0.1, 0.15) is 0 Å². The molecule has 0 saturated heterocycles. The Morgan fingerprint density at radius 1 is 1.20 bits per heavy atom. The van der Waals surface area contributed by atoms with Gasteiger partial charge in [0.25, 0.3) is 0 Å². The van der Waals surface area contributed by atoms with E-state index in [1.165, 1.54) is 19.3 Å². The topological polar surface area (TPSA) is 34.9 Å². The van der Waals surface area contributed by atoms with Gasteiger partial charge in [0, 0.05) is 18.7 Å². The number of ketones is 1. The van der Waals surface area contributed by atoms with Gasteiger partial charge in [-0.2, -0.15) is 5.10 Å². The van der Waals surface area contributed by atoms with E-state index >= 15 is 0 Å². The van der Waals surface area contributed by atoms with Crippen LogP contribution >= 0.6 is 0 Å². The monoisotopic (exact) mass is 272 g/mol. The predicted molar refractivity (Wildman–Crippen MR) is 77.4 cm³/mol. The number of aromatic nitrogens is 2. The van der Waals surface area contributed by atoms with E-state index in [0.29, 0.717) is 16.6 Å². The van der Waals surface area contributed by atoms with Gasteiger partial charge in [0.2, 0.25) is 0 Å². The molecule has 2 unspecified atom stereocenters. The third-order valence-electron chi connectivity index (χ3n) is 6.07. The van der Waals surface area contributed by atoms with Crippen molar-refractivity contribution in [2.24, 2.45) is 29.2 Å². The van der Waals surface area contributed by atoms with Gasteiger partial charge in [-0.05, 0) is 55.3 Å². The molecular formula is C17H24N2O. The first kappa shape index (κ1) is 12.6. The fourth-order valence-electron chi connectivity index (χ4n) is 6.55. The van der Waals surface area contributed by atoms with Crippen molar-refractivity contribution in [1.82, 2.24) is 9.78 Å². The quantitative estimate of drug-likeness (QED) is 0.771. The molecule has 1 heterocycles. The van der Waals surface area contributed by atoms with Crippen LogP contribution in [0.25, 0.3) is 0 Å². The van der Waals surface area contributed by atoms with Crippen LogP contribution < -0.4 is 0 Å². The Hall–Kier alpha value is -1.12. The lowest BCUT2D eigenvalue weighted by atomic mass is 9.39. The second-order valence-electron chi connectivity index (χ2n) is 8.64. The molecule has 2 atom stereocenters. The highest BCUT2D eigenvalue weighted by molar-refractivity contribution is 6.00. The molecule has 4 aliphatic rings. The van der Waals surface area contributed by atoms with Gasteiger partial charge in [-0.1, -0.05) is 13.8 Å². The summed E-state index contributed by atoms with van der Waals surface area (Å²) in [6, 6.07) is 0. The van der Waals surface area contributed by atoms with E-state index in [1.807, 2.05) is 13.2 Å². The van der Waals surface area contributed by atoms with Gasteiger partial charge in [0.05, 0.1) is 11.8 Å². The number of Topliss-reactive ketones (excluding diaryl/α,β-unsaturated/α-hetero) is 1. The van der Waals surface area contributed by atoms with E-state index < -0.39 is 0 Å². The van der Waals surface area contributed by atoms with E-state index in [1.54, 1.807) is 10.9 Å². The smallest absolute Gasteiger partial charge is 0.172 e. The molecule has 4 saturated carbocycles. The summed E-state index contributed by atoms with van der Waals surface area (Å²) in [4.78, 5) is 13.1. The Morgan fingerprint density at radius 3 is 2.35 bits per heavy atom. The van der Waals surface area contributed by atoms with Crippen LogP contribution in [0.15, 0.2) is 12.4 Å². The third-order valence-corrected chi connectivity index (χ3v) is 6.07. The van der Waals surface area contributed by atoms with Gasteiger partial charge in [-0.3, -0.25) is 9.48 Å². The molecule has 0 radical (unpaired) electrons. The van der Waals surface area contributed by atoms with Crippen molar-refractivity contribution in [3.63, 3.8) is 0 Å². The number of nitrogens with zero attached hydrogens (tertiary/aromatic N) is 2. The van der Waals surface area contributed by atoms with Gasteiger partial charge in [0.15, 0.2) is 5.78 Å². The van der Waals surface area contributed by atoms with E-state index in [2.05, 4.69) is 18.9 Å². The van der Waals surface area contributed by atoms with Gasteiger partial charge < -0.3 is 0 Å². The number of carbonyl (C=O) groups excluding carboxylic acids is 1. The third kappa shape index (κ3) is 1.64. The van der Waals surface area contributed by atoms with Crippen LogP contribution in [0.4, 0.5) is 0 Å². The summed E-state index contributed by atoms with van der Waals surface area (Å²) in [5.74, 6) is 1.13. The SMILES string of the molecule is Cn1cc(C(=O)C23CC4CC(C)(CC(C)(C4)C2)C3)cn1. The van der Waals surface area contributed by atoms with E-state index in [4.69, 9.17) is 0 Å². The van der Waals surface area contributed by atoms with Gasteiger partial charge >= 0.3 is 0 Å². The summed E-state index contributed by atoms with van der Waals surface area (Å²) in [5.41, 5.74) is 1.52. The molecule has 3 heteroatoms. The Labute approximate surface area is 120 Å². The Kier molecular flexibility index (Phi) is 2.24. The number of carbonyl (C=O) groups is 1. The molecule has 4 bridgehead atoms. The van der Waals surface area contributed by atoms with E-state index in [9.17, 15) is 4.79 Å². The van der Waals surface area contributed by atoms with Crippen LogP contribution in [0.5, 0.6) is 0 Å². The summed E-state index contributed by atoms with van der Waals surface area (Å²) in [6.45, 7) is 4.84. The van der Waals surface area contributed by atoms with Crippen LogP contribution in [0.1, 0.15) is 62.7 Å². The average Bonchev–Trinajstić information content (AvgIpc) is 2.69. The van der Waals surface area contributed by atoms with Crippen molar-refractivity contribution in [1.29, 1.82) is 0 Å². The number of rotatable bonds is 2. The average molecular weight is 272 g/mol. The molecule has 1 aromatic rings. The van der Waals surface area contributed by atoms with Crippen LogP contribution in [0.3, 0.4) is 0 Å².